The summed E-state index contributed by atoms with van der Waals surface area (Å²) in [4.78, 5) is 23.0. The van der Waals surface area contributed by atoms with E-state index in [1.54, 1.807) is 18.3 Å². The quantitative estimate of drug-likeness (QED) is 0.420. The number of hydrogen-bond donors (Lipinski definition) is 0. The lowest BCUT2D eigenvalue weighted by Gasteiger charge is -2.07. The molecule has 0 aliphatic carbocycles. The molecule has 0 fully saturated rings. The zero-order valence-electron chi connectivity index (χ0n) is 12.8. The fraction of sp³-hybridized carbons (Fsp3) is 0.118. The molecule has 0 unspecified atom stereocenters. The van der Waals surface area contributed by atoms with Crippen LogP contribution in [0.1, 0.15) is 11.1 Å². The van der Waals surface area contributed by atoms with Gasteiger partial charge in [0, 0.05) is 11.1 Å². The average molecular weight is 325 g/mol. The van der Waals surface area contributed by atoms with Crippen molar-refractivity contribution < 1.29 is 4.84 Å². The largest absolute Gasteiger partial charge is 0.399 e. The molecule has 0 amide bonds. The van der Waals surface area contributed by atoms with Crippen molar-refractivity contribution in [1.82, 2.24) is 9.38 Å². The lowest BCUT2D eigenvalue weighted by molar-refractivity contribution is 0.215. The standard InChI is InChI=1S/C17H15N3O2S/c1-12-6-8-13(9-7-12)23-16-14(11-18-22-2)17(21)20-10-4-3-5-15(20)19-16/h3-11H,1-2H3. The summed E-state index contributed by atoms with van der Waals surface area (Å²) in [5, 5.41) is 4.34. The van der Waals surface area contributed by atoms with E-state index < -0.39 is 0 Å². The van der Waals surface area contributed by atoms with Crippen molar-refractivity contribution in [3.63, 3.8) is 0 Å². The number of fused-ring (bicyclic) bond motifs is 1. The van der Waals surface area contributed by atoms with Gasteiger partial charge in [-0.3, -0.25) is 9.20 Å². The van der Waals surface area contributed by atoms with Crippen LogP contribution in [0.2, 0.25) is 0 Å². The third-order valence-electron chi connectivity index (χ3n) is 3.26. The van der Waals surface area contributed by atoms with E-state index in [1.807, 2.05) is 37.3 Å². The molecule has 3 aromatic rings. The molecule has 0 saturated carbocycles. The van der Waals surface area contributed by atoms with Crippen molar-refractivity contribution in [2.45, 2.75) is 16.8 Å². The van der Waals surface area contributed by atoms with E-state index in [0.29, 0.717) is 16.2 Å². The van der Waals surface area contributed by atoms with Crippen LogP contribution in [0.5, 0.6) is 0 Å². The predicted octanol–water partition coefficient (Wildman–Crippen LogP) is 3.13. The van der Waals surface area contributed by atoms with Gasteiger partial charge in [0.2, 0.25) is 0 Å². The number of pyridine rings is 1. The third kappa shape index (κ3) is 3.27. The highest BCUT2D eigenvalue weighted by Crippen LogP contribution is 2.27. The van der Waals surface area contributed by atoms with Crippen LogP contribution >= 0.6 is 11.8 Å². The van der Waals surface area contributed by atoms with Gasteiger partial charge in [-0.1, -0.05) is 40.7 Å². The molecule has 116 valence electrons. The number of aryl methyl sites for hydroxylation is 1. The minimum atomic E-state index is -0.175. The first-order valence-electron chi connectivity index (χ1n) is 7.01. The Hall–Kier alpha value is -2.60. The normalized spacial score (nSPS) is 11.2. The van der Waals surface area contributed by atoms with Crippen LogP contribution in [-0.4, -0.2) is 22.7 Å². The van der Waals surface area contributed by atoms with E-state index in [1.165, 1.54) is 35.1 Å². The topological polar surface area (TPSA) is 56.0 Å². The van der Waals surface area contributed by atoms with Crippen LogP contribution in [0.4, 0.5) is 0 Å². The molecule has 0 spiro atoms. The van der Waals surface area contributed by atoms with Gasteiger partial charge in [0.05, 0.1) is 11.8 Å². The minimum absolute atomic E-state index is 0.175. The second-order valence-electron chi connectivity index (χ2n) is 4.90. The van der Waals surface area contributed by atoms with Crippen LogP contribution in [0, 0.1) is 6.92 Å². The molecule has 0 radical (unpaired) electrons. The number of rotatable bonds is 4. The zero-order chi connectivity index (χ0) is 16.2. The first kappa shape index (κ1) is 15.3. The molecule has 0 aliphatic rings. The fourth-order valence-corrected chi connectivity index (χ4v) is 2.98. The Kier molecular flexibility index (Phi) is 4.43. The lowest BCUT2D eigenvalue weighted by atomic mass is 10.2. The Labute approximate surface area is 137 Å². The molecule has 2 heterocycles. The molecule has 0 bridgehead atoms. The van der Waals surface area contributed by atoms with Crippen molar-refractivity contribution >= 4 is 23.6 Å². The van der Waals surface area contributed by atoms with E-state index in [2.05, 4.69) is 10.1 Å². The van der Waals surface area contributed by atoms with Crippen molar-refractivity contribution in [2.24, 2.45) is 5.16 Å². The lowest BCUT2D eigenvalue weighted by Crippen LogP contribution is -2.20. The molecule has 2 aromatic heterocycles. The van der Waals surface area contributed by atoms with E-state index in [-0.39, 0.29) is 5.56 Å². The van der Waals surface area contributed by atoms with Gasteiger partial charge in [0.25, 0.3) is 5.56 Å². The van der Waals surface area contributed by atoms with Crippen molar-refractivity contribution in [2.75, 3.05) is 7.11 Å². The Morgan fingerprint density at radius 3 is 2.74 bits per heavy atom. The minimum Gasteiger partial charge on any atom is -0.399 e. The first-order chi connectivity index (χ1) is 11.2. The molecular formula is C17H15N3O2S. The fourth-order valence-electron chi connectivity index (χ4n) is 2.09. The summed E-state index contributed by atoms with van der Waals surface area (Å²) >= 11 is 1.43. The molecule has 23 heavy (non-hydrogen) atoms. The van der Waals surface area contributed by atoms with Crippen molar-refractivity contribution in [3.8, 4) is 0 Å². The van der Waals surface area contributed by atoms with Crippen LogP contribution < -0.4 is 5.56 Å². The number of oxime groups is 1. The van der Waals surface area contributed by atoms with Gasteiger partial charge < -0.3 is 4.84 Å². The highest BCUT2D eigenvalue weighted by atomic mass is 32.2. The van der Waals surface area contributed by atoms with Gasteiger partial charge in [0.15, 0.2) is 0 Å². The van der Waals surface area contributed by atoms with Crippen LogP contribution in [0.15, 0.2) is 68.5 Å². The van der Waals surface area contributed by atoms with Gasteiger partial charge >= 0.3 is 0 Å². The molecule has 0 N–H and O–H groups in total. The molecule has 6 heteroatoms. The second kappa shape index (κ2) is 6.66. The number of benzene rings is 1. The summed E-state index contributed by atoms with van der Waals surface area (Å²) in [6, 6.07) is 13.5. The second-order valence-corrected chi connectivity index (χ2v) is 5.96. The zero-order valence-corrected chi connectivity index (χ0v) is 13.6. The van der Waals surface area contributed by atoms with Gasteiger partial charge in [-0.05, 0) is 31.2 Å². The Morgan fingerprint density at radius 2 is 2.00 bits per heavy atom. The Morgan fingerprint density at radius 1 is 1.22 bits per heavy atom. The van der Waals surface area contributed by atoms with Crippen LogP contribution in [0.3, 0.4) is 0 Å². The summed E-state index contributed by atoms with van der Waals surface area (Å²) in [5.41, 5.74) is 2.01. The molecule has 1 aromatic carbocycles. The van der Waals surface area contributed by atoms with Gasteiger partial charge in [0.1, 0.15) is 17.8 Å². The van der Waals surface area contributed by atoms with E-state index in [9.17, 15) is 4.79 Å². The maximum atomic E-state index is 12.7. The smallest absolute Gasteiger partial charge is 0.267 e. The highest BCUT2D eigenvalue weighted by Gasteiger charge is 2.12. The molecule has 3 rings (SSSR count). The molecule has 0 aliphatic heterocycles. The maximum absolute atomic E-state index is 12.7. The molecule has 5 nitrogen and oxygen atoms in total. The highest BCUT2D eigenvalue weighted by molar-refractivity contribution is 7.99. The Balaban J connectivity index is 2.15. The van der Waals surface area contributed by atoms with Gasteiger partial charge in [-0.15, -0.1) is 0 Å². The number of aromatic nitrogens is 2. The van der Waals surface area contributed by atoms with Gasteiger partial charge in [-0.25, -0.2) is 4.98 Å². The summed E-state index contributed by atoms with van der Waals surface area (Å²) in [6.07, 6.45) is 3.10. The van der Waals surface area contributed by atoms with Crippen molar-refractivity contribution in [3.05, 3.63) is 70.1 Å². The maximum Gasteiger partial charge on any atom is 0.267 e. The van der Waals surface area contributed by atoms with Crippen LogP contribution in [-0.2, 0) is 4.84 Å². The SMILES string of the molecule is CON=Cc1c(Sc2ccc(C)cc2)nc2ccccn2c1=O. The summed E-state index contributed by atoms with van der Waals surface area (Å²) in [6.45, 7) is 2.03. The summed E-state index contributed by atoms with van der Waals surface area (Å²) < 4.78 is 1.50. The van der Waals surface area contributed by atoms with Gasteiger partial charge in [-0.2, -0.15) is 0 Å². The summed E-state index contributed by atoms with van der Waals surface area (Å²) in [5.74, 6) is 0. The van der Waals surface area contributed by atoms with E-state index in [4.69, 9.17) is 4.84 Å². The number of nitrogens with zero attached hydrogens (tertiary/aromatic N) is 3. The summed E-state index contributed by atoms with van der Waals surface area (Å²) in [7, 11) is 1.44. The first-order valence-corrected chi connectivity index (χ1v) is 7.83. The van der Waals surface area contributed by atoms with Crippen molar-refractivity contribution in [1.29, 1.82) is 0 Å². The van der Waals surface area contributed by atoms with E-state index >= 15 is 0 Å². The predicted molar refractivity (Wildman–Crippen MR) is 91.4 cm³/mol. The number of hydrogen-bond acceptors (Lipinski definition) is 5. The monoisotopic (exact) mass is 325 g/mol. The molecular weight excluding hydrogens is 310 g/mol. The molecule has 0 saturated heterocycles. The Bertz CT molecular complexity index is 917. The average Bonchev–Trinajstić information content (AvgIpc) is 2.57. The van der Waals surface area contributed by atoms with E-state index in [0.717, 1.165) is 4.90 Å². The van der Waals surface area contributed by atoms with Crippen LogP contribution in [0.25, 0.3) is 5.65 Å². The molecule has 0 atom stereocenters. The third-order valence-corrected chi connectivity index (χ3v) is 4.27.